The number of benzene rings is 2. The Kier molecular flexibility index (Phi) is 3.20. The molecule has 0 unspecified atom stereocenters. The number of nitrogens with one attached hydrogen (secondary N) is 1. The van der Waals surface area contributed by atoms with Crippen LogP contribution in [-0.2, 0) is 0 Å². The van der Waals surface area contributed by atoms with Crippen LogP contribution in [0.3, 0.4) is 0 Å². The van der Waals surface area contributed by atoms with E-state index in [2.05, 4.69) is 10.2 Å². The second-order valence-corrected chi connectivity index (χ2v) is 4.93. The number of H-pyrrole nitrogens is 1. The molecule has 1 heterocycles. The van der Waals surface area contributed by atoms with Crippen molar-refractivity contribution in [2.45, 2.75) is 6.92 Å². The Labute approximate surface area is 120 Å². The third kappa shape index (κ3) is 2.28. The van der Waals surface area contributed by atoms with Crippen molar-refractivity contribution in [3.63, 3.8) is 0 Å². The minimum Gasteiger partial charge on any atom is -0.268 e. The fourth-order valence-electron chi connectivity index (χ4n) is 2.16. The van der Waals surface area contributed by atoms with Crippen LogP contribution in [0.5, 0.6) is 0 Å². The molecular weight excluding hydrogens is 273 g/mol. The molecule has 0 atom stereocenters. The van der Waals surface area contributed by atoms with E-state index in [0.717, 1.165) is 11.1 Å². The van der Waals surface area contributed by atoms with Gasteiger partial charge in [0.15, 0.2) is 10.6 Å². The van der Waals surface area contributed by atoms with Crippen LogP contribution in [0.25, 0.3) is 17.1 Å². The number of aromatic nitrogens is 3. The van der Waals surface area contributed by atoms with Crippen LogP contribution in [0.15, 0.2) is 48.5 Å². The van der Waals surface area contributed by atoms with E-state index in [4.69, 9.17) is 12.2 Å². The van der Waals surface area contributed by atoms with Crippen LogP contribution in [0.2, 0.25) is 0 Å². The second kappa shape index (κ2) is 5.02. The van der Waals surface area contributed by atoms with Gasteiger partial charge in [0.05, 0.1) is 5.69 Å². The standard InChI is InChI=1S/C15H12FN3S/c1-10-7-12(16)9-13(8-10)19-14(17-18-15(19)20)11-5-3-2-4-6-11/h2-9H,1H3,(H,18,20). The van der Waals surface area contributed by atoms with Gasteiger partial charge in [-0.05, 0) is 42.9 Å². The first-order valence-electron chi connectivity index (χ1n) is 6.15. The smallest absolute Gasteiger partial charge is 0.200 e. The molecule has 0 amide bonds. The van der Waals surface area contributed by atoms with Crippen LogP contribution in [0.4, 0.5) is 4.39 Å². The molecule has 20 heavy (non-hydrogen) atoms. The lowest BCUT2D eigenvalue weighted by Gasteiger charge is -2.08. The molecule has 3 rings (SSSR count). The fraction of sp³-hybridized carbons (Fsp3) is 0.0667. The van der Waals surface area contributed by atoms with E-state index in [1.165, 1.54) is 12.1 Å². The number of hydrogen-bond donors (Lipinski definition) is 1. The van der Waals surface area contributed by atoms with E-state index >= 15 is 0 Å². The van der Waals surface area contributed by atoms with Gasteiger partial charge in [0, 0.05) is 5.56 Å². The average molecular weight is 285 g/mol. The number of rotatable bonds is 2. The van der Waals surface area contributed by atoms with E-state index in [1.807, 2.05) is 43.3 Å². The molecule has 0 aliphatic carbocycles. The highest BCUT2D eigenvalue weighted by Crippen LogP contribution is 2.22. The third-order valence-corrected chi connectivity index (χ3v) is 3.26. The first-order valence-corrected chi connectivity index (χ1v) is 6.56. The maximum absolute atomic E-state index is 13.6. The minimum atomic E-state index is -0.290. The van der Waals surface area contributed by atoms with Crippen molar-refractivity contribution in [3.8, 4) is 17.1 Å². The minimum absolute atomic E-state index is 0.290. The summed E-state index contributed by atoms with van der Waals surface area (Å²) in [5.41, 5.74) is 2.42. The highest BCUT2D eigenvalue weighted by Gasteiger charge is 2.11. The van der Waals surface area contributed by atoms with E-state index in [-0.39, 0.29) is 5.82 Å². The molecule has 3 aromatic rings. The zero-order chi connectivity index (χ0) is 14.1. The molecule has 1 aromatic heterocycles. The lowest BCUT2D eigenvalue weighted by molar-refractivity contribution is 0.625. The van der Waals surface area contributed by atoms with Gasteiger partial charge in [0.25, 0.3) is 0 Å². The Morgan fingerprint density at radius 2 is 1.90 bits per heavy atom. The largest absolute Gasteiger partial charge is 0.268 e. The maximum Gasteiger partial charge on any atom is 0.200 e. The lowest BCUT2D eigenvalue weighted by Crippen LogP contribution is -1.99. The summed E-state index contributed by atoms with van der Waals surface area (Å²) in [5.74, 6) is 0.378. The predicted molar refractivity (Wildman–Crippen MR) is 78.9 cm³/mol. The lowest BCUT2D eigenvalue weighted by atomic mass is 10.2. The molecule has 2 aromatic carbocycles. The Morgan fingerprint density at radius 3 is 2.60 bits per heavy atom. The molecule has 5 heteroatoms. The summed E-state index contributed by atoms with van der Waals surface area (Å²) in [6.45, 7) is 1.85. The number of halogens is 1. The molecule has 0 spiro atoms. The van der Waals surface area contributed by atoms with Crippen LogP contribution in [0, 0.1) is 17.5 Å². The first kappa shape index (κ1) is 12.7. The maximum atomic E-state index is 13.6. The third-order valence-electron chi connectivity index (χ3n) is 2.99. The van der Waals surface area contributed by atoms with Gasteiger partial charge in [-0.2, -0.15) is 5.10 Å². The predicted octanol–water partition coefficient (Wildman–Crippen LogP) is 4.04. The monoisotopic (exact) mass is 285 g/mol. The number of aryl methyl sites for hydroxylation is 1. The normalized spacial score (nSPS) is 10.7. The van der Waals surface area contributed by atoms with Crippen molar-refractivity contribution >= 4 is 12.2 Å². The van der Waals surface area contributed by atoms with Crippen LogP contribution in [0.1, 0.15) is 5.56 Å². The highest BCUT2D eigenvalue weighted by atomic mass is 32.1. The molecule has 1 N–H and O–H groups in total. The van der Waals surface area contributed by atoms with Crippen LogP contribution >= 0.6 is 12.2 Å². The summed E-state index contributed by atoms with van der Waals surface area (Å²) in [5, 5.41) is 7.01. The van der Waals surface area contributed by atoms with Gasteiger partial charge >= 0.3 is 0 Å². The molecule has 100 valence electrons. The Balaban J connectivity index is 2.24. The van der Waals surface area contributed by atoms with Crippen molar-refractivity contribution < 1.29 is 4.39 Å². The molecule has 0 bridgehead atoms. The molecule has 3 nitrogen and oxygen atoms in total. The van der Waals surface area contributed by atoms with E-state index in [9.17, 15) is 4.39 Å². The van der Waals surface area contributed by atoms with Gasteiger partial charge in [0.1, 0.15) is 5.82 Å². The van der Waals surface area contributed by atoms with Gasteiger partial charge in [-0.1, -0.05) is 30.3 Å². The summed E-state index contributed by atoms with van der Waals surface area (Å²) in [6.07, 6.45) is 0. The number of aromatic amines is 1. The molecule has 0 aliphatic heterocycles. The van der Waals surface area contributed by atoms with Crippen molar-refractivity contribution in [3.05, 3.63) is 64.7 Å². The average Bonchev–Trinajstić information content (AvgIpc) is 2.80. The Hall–Kier alpha value is -2.27. The van der Waals surface area contributed by atoms with Crippen LogP contribution in [-0.4, -0.2) is 14.8 Å². The van der Waals surface area contributed by atoms with Gasteiger partial charge in [0.2, 0.25) is 0 Å². The zero-order valence-corrected chi connectivity index (χ0v) is 11.6. The van der Waals surface area contributed by atoms with Crippen molar-refractivity contribution in [1.82, 2.24) is 14.8 Å². The van der Waals surface area contributed by atoms with Crippen molar-refractivity contribution in [2.24, 2.45) is 0 Å². The molecule has 0 radical (unpaired) electrons. The quantitative estimate of drug-likeness (QED) is 0.721. The highest BCUT2D eigenvalue weighted by molar-refractivity contribution is 7.71. The number of hydrogen-bond acceptors (Lipinski definition) is 2. The molecular formula is C15H12FN3S. The zero-order valence-electron chi connectivity index (χ0n) is 10.8. The van der Waals surface area contributed by atoms with Gasteiger partial charge < -0.3 is 0 Å². The van der Waals surface area contributed by atoms with Crippen molar-refractivity contribution in [1.29, 1.82) is 0 Å². The first-order chi connectivity index (χ1) is 9.65. The van der Waals surface area contributed by atoms with Crippen molar-refractivity contribution in [2.75, 3.05) is 0 Å². The van der Waals surface area contributed by atoms with E-state index in [0.29, 0.717) is 16.3 Å². The second-order valence-electron chi connectivity index (χ2n) is 4.54. The molecule has 0 fully saturated rings. The number of nitrogens with zero attached hydrogens (tertiary/aromatic N) is 2. The molecule has 0 saturated heterocycles. The molecule has 0 aliphatic rings. The topological polar surface area (TPSA) is 33.6 Å². The van der Waals surface area contributed by atoms with Crippen LogP contribution < -0.4 is 0 Å². The molecule has 0 saturated carbocycles. The summed E-state index contributed by atoms with van der Waals surface area (Å²) in [4.78, 5) is 0. The van der Waals surface area contributed by atoms with E-state index in [1.54, 1.807) is 4.57 Å². The summed E-state index contributed by atoms with van der Waals surface area (Å²) in [6, 6.07) is 14.5. The summed E-state index contributed by atoms with van der Waals surface area (Å²) >= 11 is 5.26. The van der Waals surface area contributed by atoms with Gasteiger partial charge in [-0.25, -0.2) is 4.39 Å². The van der Waals surface area contributed by atoms with Gasteiger partial charge in [-0.15, -0.1) is 0 Å². The SMILES string of the molecule is Cc1cc(F)cc(-n2c(-c3ccccc3)n[nH]c2=S)c1. The van der Waals surface area contributed by atoms with Gasteiger partial charge in [-0.3, -0.25) is 9.67 Å². The summed E-state index contributed by atoms with van der Waals surface area (Å²) in [7, 11) is 0. The summed E-state index contributed by atoms with van der Waals surface area (Å²) < 4.78 is 15.8. The Bertz CT molecular complexity index is 785. The Morgan fingerprint density at radius 1 is 1.15 bits per heavy atom. The van der Waals surface area contributed by atoms with E-state index < -0.39 is 0 Å². The fourth-order valence-corrected chi connectivity index (χ4v) is 2.40.